The first kappa shape index (κ1) is 14.4. The summed E-state index contributed by atoms with van der Waals surface area (Å²) in [7, 11) is 0. The smallest absolute Gasteiger partial charge is 0.487 e. The van der Waals surface area contributed by atoms with E-state index >= 15 is 0 Å². The third kappa shape index (κ3) is 3.49. The molecule has 0 aliphatic carbocycles. The van der Waals surface area contributed by atoms with Crippen molar-refractivity contribution in [2.45, 2.75) is 13.5 Å². The summed E-state index contributed by atoms with van der Waals surface area (Å²) in [6.45, 7) is -3.48. The van der Waals surface area contributed by atoms with E-state index in [-0.39, 0.29) is 12.4 Å². The van der Waals surface area contributed by atoms with Crippen LogP contribution in [-0.4, -0.2) is 12.0 Å². The zero-order valence-corrected chi connectivity index (χ0v) is 10.6. The van der Waals surface area contributed by atoms with E-state index in [0.29, 0.717) is 11.8 Å². The van der Waals surface area contributed by atoms with Crippen molar-refractivity contribution < 1.29 is 22.1 Å². The molecule has 0 aliphatic heterocycles. The van der Waals surface area contributed by atoms with Gasteiger partial charge in [0.1, 0.15) is 12.4 Å². The van der Waals surface area contributed by atoms with Crippen LogP contribution in [0.25, 0.3) is 0 Å². The summed E-state index contributed by atoms with van der Waals surface area (Å²) >= 11 is 0. The molecule has 0 aliphatic rings. The van der Waals surface area contributed by atoms with Gasteiger partial charge in [-0.2, -0.15) is 0 Å². The molecule has 1 heterocycles. The lowest BCUT2D eigenvalue weighted by Gasteiger charge is -2.16. The van der Waals surface area contributed by atoms with Crippen molar-refractivity contribution in [2.24, 2.45) is 0 Å². The van der Waals surface area contributed by atoms with Crippen molar-refractivity contribution in [3.8, 4) is 5.75 Å². The van der Waals surface area contributed by atoms with Gasteiger partial charge in [-0.3, -0.25) is 4.98 Å². The van der Waals surface area contributed by atoms with Gasteiger partial charge in [-0.05, 0) is 25.1 Å². The van der Waals surface area contributed by atoms with Crippen molar-refractivity contribution in [3.63, 3.8) is 0 Å². The average Bonchev–Trinajstić information content (AvgIpc) is 2.35. The third-order valence-electron chi connectivity index (χ3n) is 2.66. The number of halogens is 4. The molecule has 2 aromatic rings. The maximum atomic E-state index is 13.3. The molecule has 0 saturated carbocycles. The van der Waals surface area contributed by atoms with Crippen molar-refractivity contribution in [1.82, 2.24) is 4.98 Å². The van der Waals surface area contributed by atoms with E-state index in [1.807, 2.05) is 13.0 Å². The minimum atomic E-state index is -5.35. The van der Waals surface area contributed by atoms with Crippen LogP contribution < -0.4 is 10.2 Å². The number of aryl methyl sites for hydroxylation is 1. The third-order valence-corrected chi connectivity index (χ3v) is 2.66. The van der Waals surface area contributed by atoms with Crippen LogP contribution in [0.5, 0.6) is 5.75 Å². The topological polar surface area (TPSA) is 22.1 Å². The van der Waals surface area contributed by atoms with Gasteiger partial charge in [0.15, 0.2) is 0 Å². The standard InChI is InChI=1S/C13H11BF4NO/c1-9-3-2-4-10(19-9)8-20-11-5-6-12(13(15)7-11)14(16,17)18/h2-7H,8H2,1H3/q-1. The fourth-order valence-corrected chi connectivity index (χ4v) is 1.70. The first-order valence-corrected chi connectivity index (χ1v) is 5.91. The zero-order valence-electron chi connectivity index (χ0n) is 10.6. The minimum absolute atomic E-state index is 0.0367. The Balaban J connectivity index is 2.10. The van der Waals surface area contributed by atoms with E-state index in [4.69, 9.17) is 4.74 Å². The fourth-order valence-electron chi connectivity index (χ4n) is 1.70. The van der Waals surface area contributed by atoms with Gasteiger partial charge in [0.05, 0.1) is 11.5 Å². The monoisotopic (exact) mass is 284 g/mol. The largest absolute Gasteiger partial charge is 0.512 e. The Bertz CT molecular complexity index is 616. The normalized spacial score (nSPS) is 11.4. The number of hydrogen-bond donors (Lipinski definition) is 0. The predicted molar refractivity (Wildman–Crippen MR) is 68.4 cm³/mol. The van der Waals surface area contributed by atoms with Crippen LogP contribution in [-0.2, 0) is 6.61 Å². The maximum absolute atomic E-state index is 13.3. The van der Waals surface area contributed by atoms with E-state index in [2.05, 4.69) is 4.98 Å². The van der Waals surface area contributed by atoms with Crippen LogP contribution in [0.15, 0.2) is 36.4 Å². The quantitative estimate of drug-likeness (QED) is 0.635. The lowest BCUT2D eigenvalue weighted by Crippen LogP contribution is -2.36. The van der Waals surface area contributed by atoms with E-state index in [0.717, 1.165) is 17.8 Å². The molecule has 0 bridgehead atoms. The fraction of sp³-hybridized carbons (Fsp3) is 0.154. The Morgan fingerprint density at radius 2 is 1.90 bits per heavy atom. The molecule has 1 aromatic carbocycles. The van der Waals surface area contributed by atoms with E-state index in [1.165, 1.54) is 0 Å². The minimum Gasteiger partial charge on any atom is -0.487 e. The molecule has 0 N–H and O–H groups in total. The summed E-state index contributed by atoms with van der Waals surface area (Å²) in [5, 5.41) is 0. The Morgan fingerprint density at radius 1 is 1.15 bits per heavy atom. The maximum Gasteiger partial charge on any atom is 0.512 e. The zero-order chi connectivity index (χ0) is 14.8. The lowest BCUT2D eigenvalue weighted by atomic mass is 9.80. The molecule has 20 heavy (non-hydrogen) atoms. The highest BCUT2D eigenvalue weighted by molar-refractivity contribution is 6.73. The summed E-state index contributed by atoms with van der Waals surface area (Å²) in [6.07, 6.45) is 0. The Labute approximate surface area is 113 Å². The molecule has 0 unspecified atom stereocenters. The molecule has 0 amide bonds. The number of benzene rings is 1. The molecule has 0 radical (unpaired) electrons. The molecule has 0 saturated heterocycles. The first-order chi connectivity index (χ1) is 9.36. The van der Waals surface area contributed by atoms with Gasteiger partial charge in [0.2, 0.25) is 0 Å². The summed E-state index contributed by atoms with van der Waals surface area (Å²) < 4.78 is 55.9. The summed E-state index contributed by atoms with van der Waals surface area (Å²) in [5.41, 5.74) is 0.174. The van der Waals surface area contributed by atoms with E-state index in [1.54, 1.807) is 12.1 Å². The molecule has 2 nitrogen and oxygen atoms in total. The highest BCUT2D eigenvalue weighted by Crippen LogP contribution is 2.17. The Morgan fingerprint density at radius 3 is 2.50 bits per heavy atom. The molecule has 2 rings (SSSR count). The van der Waals surface area contributed by atoms with Gasteiger partial charge in [-0.25, -0.2) is 4.39 Å². The van der Waals surface area contributed by atoms with Gasteiger partial charge in [-0.15, -0.1) is 0 Å². The lowest BCUT2D eigenvalue weighted by molar-refractivity contribution is 0.299. The molecule has 1 aromatic heterocycles. The Kier molecular flexibility index (Phi) is 3.97. The highest BCUT2D eigenvalue weighted by Gasteiger charge is 2.28. The number of ether oxygens (including phenoxy) is 1. The number of hydrogen-bond acceptors (Lipinski definition) is 2. The van der Waals surface area contributed by atoms with Crippen molar-refractivity contribution in [2.75, 3.05) is 0 Å². The second-order valence-corrected chi connectivity index (χ2v) is 4.32. The second kappa shape index (κ2) is 5.52. The van der Waals surface area contributed by atoms with Crippen LogP contribution in [0, 0.1) is 12.7 Å². The SMILES string of the molecule is Cc1cccc(COc2ccc([B-](F)(F)F)c(F)c2)n1. The number of nitrogens with zero attached hydrogens (tertiary/aromatic N) is 1. The van der Waals surface area contributed by atoms with Gasteiger partial charge >= 0.3 is 6.98 Å². The van der Waals surface area contributed by atoms with Crippen LogP contribution in [0.2, 0.25) is 0 Å². The van der Waals surface area contributed by atoms with Gasteiger partial charge in [-0.1, -0.05) is 17.6 Å². The van der Waals surface area contributed by atoms with Crippen LogP contribution in [0.4, 0.5) is 17.3 Å². The van der Waals surface area contributed by atoms with Crippen molar-refractivity contribution in [3.05, 3.63) is 53.6 Å². The second-order valence-electron chi connectivity index (χ2n) is 4.32. The Hall–Kier alpha value is -2.05. The van der Waals surface area contributed by atoms with Crippen LogP contribution >= 0.6 is 0 Å². The van der Waals surface area contributed by atoms with Crippen LogP contribution in [0.1, 0.15) is 11.4 Å². The van der Waals surface area contributed by atoms with Gasteiger partial charge in [0.25, 0.3) is 0 Å². The molecular weight excluding hydrogens is 273 g/mol. The predicted octanol–water partition coefficient (Wildman–Crippen LogP) is 3.16. The number of aromatic nitrogens is 1. The van der Waals surface area contributed by atoms with E-state index in [9.17, 15) is 17.3 Å². The number of rotatable bonds is 4. The molecule has 0 spiro atoms. The molecular formula is C13H11BF4NO-. The average molecular weight is 284 g/mol. The van der Waals surface area contributed by atoms with E-state index < -0.39 is 18.3 Å². The van der Waals surface area contributed by atoms with Crippen molar-refractivity contribution in [1.29, 1.82) is 0 Å². The van der Waals surface area contributed by atoms with Crippen LogP contribution in [0.3, 0.4) is 0 Å². The summed E-state index contributed by atoms with van der Waals surface area (Å²) in [5.74, 6) is -1.29. The molecule has 106 valence electrons. The first-order valence-electron chi connectivity index (χ1n) is 5.91. The van der Waals surface area contributed by atoms with Crippen molar-refractivity contribution >= 4 is 12.4 Å². The summed E-state index contributed by atoms with van der Waals surface area (Å²) in [4.78, 5) is 4.17. The van der Waals surface area contributed by atoms with Gasteiger partial charge < -0.3 is 17.7 Å². The summed E-state index contributed by atoms with van der Waals surface area (Å²) in [6, 6.07) is 7.84. The highest BCUT2D eigenvalue weighted by atomic mass is 19.4. The van der Waals surface area contributed by atoms with Gasteiger partial charge in [0, 0.05) is 11.8 Å². The molecule has 7 heteroatoms. The molecule has 0 atom stereocenters. The molecule has 0 fully saturated rings. The number of pyridine rings is 1.